The predicted molar refractivity (Wildman–Crippen MR) is 62.4 cm³/mol. The average Bonchev–Trinajstić information content (AvgIpc) is 2.12. The van der Waals surface area contributed by atoms with Gasteiger partial charge in [-0.3, -0.25) is 10.1 Å². The number of nitrogens with zero attached hydrogens (tertiary/aromatic N) is 1. The molecule has 0 amide bonds. The number of nitro groups is 1. The maximum Gasteiger partial charge on any atom is 0.344 e. The van der Waals surface area contributed by atoms with Crippen LogP contribution in [0.2, 0.25) is 0 Å². The van der Waals surface area contributed by atoms with Gasteiger partial charge < -0.3 is 4.74 Å². The van der Waals surface area contributed by atoms with Gasteiger partial charge in [-0.1, -0.05) is 32.9 Å². The van der Waals surface area contributed by atoms with Crippen molar-refractivity contribution in [3.8, 4) is 5.75 Å². The molecule has 0 N–H and O–H groups in total. The molecule has 0 spiro atoms. The molecule has 1 aromatic rings. The SMILES string of the molecule is Cc1ccc(C(C)(C)C)c(OC[N+](=O)[O-])c1. The van der Waals surface area contributed by atoms with Gasteiger partial charge in [0.05, 0.1) is 4.92 Å². The highest BCUT2D eigenvalue weighted by Gasteiger charge is 2.19. The van der Waals surface area contributed by atoms with E-state index in [0.29, 0.717) is 5.75 Å². The number of hydrogen-bond donors (Lipinski definition) is 0. The molecule has 1 rings (SSSR count). The summed E-state index contributed by atoms with van der Waals surface area (Å²) in [5.41, 5.74) is 1.94. The van der Waals surface area contributed by atoms with E-state index < -0.39 is 11.7 Å². The topological polar surface area (TPSA) is 52.4 Å². The van der Waals surface area contributed by atoms with Crippen LogP contribution >= 0.6 is 0 Å². The van der Waals surface area contributed by atoms with E-state index in [9.17, 15) is 10.1 Å². The summed E-state index contributed by atoms with van der Waals surface area (Å²) >= 11 is 0. The zero-order valence-electron chi connectivity index (χ0n) is 10.1. The Kier molecular flexibility index (Phi) is 3.52. The Bertz CT molecular complexity index is 394. The lowest BCUT2D eigenvalue weighted by Gasteiger charge is -2.22. The third-order valence-electron chi connectivity index (χ3n) is 2.27. The second-order valence-corrected chi connectivity index (χ2v) is 4.86. The maximum absolute atomic E-state index is 10.3. The van der Waals surface area contributed by atoms with Gasteiger partial charge >= 0.3 is 6.73 Å². The largest absolute Gasteiger partial charge is 0.432 e. The van der Waals surface area contributed by atoms with Crippen LogP contribution in [0.25, 0.3) is 0 Å². The molecular formula is C12H17NO3. The number of aryl methyl sites for hydroxylation is 1. The fraction of sp³-hybridized carbons (Fsp3) is 0.500. The molecule has 4 heteroatoms. The molecule has 1 aromatic carbocycles. The minimum absolute atomic E-state index is 0.0837. The minimum atomic E-state index is -0.494. The van der Waals surface area contributed by atoms with Crippen LogP contribution in [0.1, 0.15) is 31.9 Å². The molecule has 0 fully saturated rings. The summed E-state index contributed by atoms with van der Waals surface area (Å²) < 4.78 is 5.21. The molecule has 0 unspecified atom stereocenters. The molecule has 0 saturated carbocycles. The van der Waals surface area contributed by atoms with Gasteiger partial charge in [-0.25, -0.2) is 0 Å². The van der Waals surface area contributed by atoms with Gasteiger partial charge in [0.1, 0.15) is 5.75 Å². The van der Waals surface area contributed by atoms with Gasteiger partial charge in [-0.2, -0.15) is 0 Å². The van der Waals surface area contributed by atoms with Gasteiger partial charge in [0, 0.05) is 0 Å². The quantitative estimate of drug-likeness (QED) is 0.449. The minimum Gasteiger partial charge on any atom is -0.432 e. The summed E-state index contributed by atoms with van der Waals surface area (Å²) in [5.74, 6) is 0.601. The Balaban J connectivity index is 3.04. The zero-order chi connectivity index (χ0) is 12.3. The summed E-state index contributed by atoms with van der Waals surface area (Å²) in [4.78, 5) is 9.82. The monoisotopic (exact) mass is 223 g/mol. The first-order chi connectivity index (χ1) is 7.30. The molecule has 0 aliphatic rings. The zero-order valence-corrected chi connectivity index (χ0v) is 10.1. The van der Waals surface area contributed by atoms with Crippen molar-refractivity contribution in [3.05, 3.63) is 39.4 Å². The highest BCUT2D eigenvalue weighted by molar-refractivity contribution is 5.41. The van der Waals surface area contributed by atoms with Crippen LogP contribution in [-0.4, -0.2) is 11.7 Å². The highest BCUT2D eigenvalue weighted by Crippen LogP contribution is 2.31. The van der Waals surface area contributed by atoms with Crippen molar-refractivity contribution in [2.45, 2.75) is 33.1 Å². The lowest BCUT2D eigenvalue weighted by Crippen LogP contribution is -2.16. The van der Waals surface area contributed by atoms with Crippen molar-refractivity contribution in [1.29, 1.82) is 0 Å². The van der Waals surface area contributed by atoms with Crippen molar-refractivity contribution in [2.24, 2.45) is 0 Å². The summed E-state index contributed by atoms with van der Waals surface area (Å²) in [6, 6.07) is 5.79. The number of benzene rings is 1. The lowest BCUT2D eigenvalue weighted by molar-refractivity contribution is -0.514. The van der Waals surface area contributed by atoms with E-state index >= 15 is 0 Å². The first-order valence-electron chi connectivity index (χ1n) is 5.16. The molecule has 0 atom stereocenters. The first-order valence-corrected chi connectivity index (χ1v) is 5.16. The fourth-order valence-electron chi connectivity index (χ4n) is 1.49. The summed E-state index contributed by atoms with van der Waals surface area (Å²) in [5, 5.41) is 10.3. The van der Waals surface area contributed by atoms with E-state index in [1.807, 2.05) is 25.1 Å². The van der Waals surface area contributed by atoms with Gasteiger partial charge in [0.25, 0.3) is 0 Å². The van der Waals surface area contributed by atoms with Gasteiger partial charge in [0.15, 0.2) is 0 Å². The predicted octanol–water partition coefficient (Wildman–Crippen LogP) is 2.91. The number of hydrogen-bond acceptors (Lipinski definition) is 3. The van der Waals surface area contributed by atoms with Crippen molar-refractivity contribution in [2.75, 3.05) is 6.73 Å². The van der Waals surface area contributed by atoms with Gasteiger partial charge in [-0.05, 0) is 29.5 Å². The lowest BCUT2D eigenvalue weighted by atomic mass is 9.86. The highest BCUT2D eigenvalue weighted by atomic mass is 16.7. The molecule has 0 aromatic heterocycles. The van der Waals surface area contributed by atoms with Crippen LogP contribution < -0.4 is 4.74 Å². The summed E-state index contributed by atoms with van der Waals surface area (Å²) in [6.45, 7) is 7.60. The number of ether oxygens (including phenoxy) is 1. The van der Waals surface area contributed by atoms with Gasteiger partial charge in [0.2, 0.25) is 0 Å². The molecular weight excluding hydrogens is 206 g/mol. The molecule has 0 saturated heterocycles. The fourth-order valence-corrected chi connectivity index (χ4v) is 1.49. The molecule has 0 bridgehead atoms. The van der Waals surface area contributed by atoms with Crippen molar-refractivity contribution in [3.63, 3.8) is 0 Å². The number of rotatable bonds is 3. The third kappa shape index (κ3) is 3.22. The Labute approximate surface area is 95.4 Å². The molecule has 4 nitrogen and oxygen atoms in total. The molecule has 0 aliphatic carbocycles. The normalized spacial score (nSPS) is 11.2. The Hall–Kier alpha value is -1.58. The van der Waals surface area contributed by atoms with E-state index in [1.165, 1.54) is 0 Å². The van der Waals surface area contributed by atoms with Crippen molar-refractivity contribution < 1.29 is 9.66 Å². The van der Waals surface area contributed by atoms with Crippen LogP contribution in [0, 0.1) is 17.0 Å². The van der Waals surface area contributed by atoms with Crippen molar-refractivity contribution >= 4 is 0 Å². The molecule has 0 radical (unpaired) electrons. The Morgan fingerprint density at radius 2 is 2.00 bits per heavy atom. The smallest absolute Gasteiger partial charge is 0.344 e. The van der Waals surface area contributed by atoms with Crippen LogP contribution in [0.4, 0.5) is 0 Å². The summed E-state index contributed by atoms with van der Waals surface area (Å²) in [7, 11) is 0. The second kappa shape index (κ2) is 4.51. The van der Waals surface area contributed by atoms with Gasteiger partial charge in [-0.15, -0.1) is 0 Å². The molecule has 88 valence electrons. The molecule has 0 heterocycles. The van der Waals surface area contributed by atoms with E-state index in [2.05, 4.69) is 20.8 Å². The van der Waals surface area contributed by atoms with E-state index in [4.69, 9.17) is 4.74 Å². The first kappa shape index (κ1) is 12.5. The van der Waals surface area contributed by atoms with Crippen LogP contribution in [0.3, 0.4) is 0 Å². The van der Waals surface area contributed by atoms with Crippen LogP contribution in [0.5, 0.6) is 5.75 Å². The summed E-state index contributed by atoms with van der Waals surface area (Å²) in [6.07, 6.45) is 0. The Morgan fingerprint density at radius 1 is 1.38 bits per heavy atom. The Morgan fingerprint density at radius 3 is 2.50 bits per heavy atom. The average molecular weight is 223 g/mol. The second-order valence-electron chi connectivity index (χ2n) is 4.86. The van der Waals surface area contributed by atoms with Crippen LogP contribution in [-0.2, 0) is 5.41 Å². The van der Waals surface area contributed by atoms with E-state index in [1.54, 1.807) is 0 Å². The van der Waals surface area contributed by atoms with Crippen LogP contribution in [0.15, 0.2) is 18.2 Å². The van der Waals surface area contributed by atoms with E-state index in [-0.39, 0.29) is 5.41 Å². The maximum atomic E-state index is 10.3. The molecule has 0 aliphatic heterocycles. The molecule has 16 heavy (non-hydrogen) atoms. The van der Waals surface area contributed by atoms with Crippen molar-refractivity contribution in [1.82, 2.24) is 0 Å². The standard InChI is InChI=1S/C12H17NO3/c1-9-5-6-10(12(2,3)4)11(7-9)16-8-13(14)15/h5-7H,8H2,1-4H3. The third-order valence-corrected chi connectivity index (χ3v) is 2.27. The van der Waals surface area contributed by atoms with E-state index in [0.717, 1.165) is 11.1 Å².